The molecule has 1 N–H and O–H groups in total. The fourth-order valence-corrected chi connectivity index (χ4v) is 4.07. The average molecular weight is 546 g/mol. The molecule has 10 heteroatoms. The molecule has 3 aromatic rings. The van der Waals surface area contributed by atoms with E-state index in [4.69, 9.17) is 30.5 Å². The Bertz CT molecular complexity index is 1320. The van der Waals surface area contributed by atoms with E-state index in [1.165, 1.54) is 51.6 Å². The Kier molecular flexibility index (Phi) is 9.52. The van der Waals surface area contributed by atoms with E-state index in [0.29, 0.717) is 16.3 Å². The molecule has 0 aliphatic heterocycles. The maximum Gasteiger partial charge on any atom is 0.309 e. The van der Waals surface area contributed by atoms with Gasteiger partial charge < -0.3 is 24.1 Å². The number of ether oxygens (including phenoxy) is 4. The molecule has 2 aromatic carbocycles. The van der Waals surface area contributed by atoms with Crippen LogP contribution in [-0.2, 0) is 9.53 Å². The maximum absolute atomic E-state index is 13.9. The van der Waals surface area contributed by atoms with E-state index < -0.39 is 41.4 Å². The van der Waals surface area contributed by atoms with Crippen molar-refractivity contribution in [3.8, 4) is 23.0 Å². The van der Waals surface area contributed by atoms with Crippen LogP contribution in [0.5, 0.6) is 23.0 Å². The Morgan fingerprint density at radius 2 is 1.74 bits per heavy atom. The Morgan fingerprint density at radius 3 is 2.39 bits per heavy atom. The van der Waals surface area contributed by atoms with Crippen molar-refractivity contribution in [2.45, 2.75) is 39.4 Å². The third-order valence-corrected chi connectivity index (χ3v) is 6.13. The lowest BCUT2D eigenvalue weighted by molar-refractivity contribution is -0.157. The van der Waals surface area contributed by atoms with Crippen molar-refractivity contribution in [1.82, 2.24) is 4.98 Å². The molecule has 1 heterocycles. The van der Waals surface area contributed by atoms with E-state index in [1.807, 2.05) is 13.0 Å². The topological polar surface area (TPSA) is 104 Å². The van der Waals surface area contributed by atoms with Crippen molar-refractivity contribution in [2.75, 3.05) is 14.2 Å². The van der Waals surface area contributed by atoms with Crippen LogP contribution in [0.2, 0.25) is 5.02 Å². The van der Waals surface area contributed by atoms with Crippen LogP contribution in [0.4, 0.5) is 4.39 Å². The lowest BCUT2D eigenvalue weighted by Gasteiger charge is -2.28. The zero-order chi connectivity index (χ0) is 28.0. The van der Waals surface area contributed by atoms with Gasteiger partial charge in [-0.2, -0.15) is 0 Å². The van der Waals surface area contributed by atoms with Crippen molar-refractivity contribution < 1.29 is 38.0 Å². The second-order valence-electron chi connectivity index (χ2n) is 8.74. The van der Waals surface area contributed by atoms with Gasteiger partial charge in [-0.3, -0.25) is 9.59 Å². The molecule has 202 valence electrons. The van der Waals surface area contributed by atoms with Crippen LogP contribution in [0.1, 0.15) is 48.0 Å². The highest BCUT2D eigenvalue weighted by molar-refractivity contribution is 6.32. The molecule has 0 bridgehead atoms. The molecule has 0 radical (unpaired) electrons. The minimum Gasteiger partial charge on any atom is -0.503 e. The molecule has 3 atom stereocenters. The number of benzene rings is 2. The van der Waals surface area contributed by atoms with Crippen molar-refractivity contribution >= 4 is 23.4 Å². The summed E-state index contributed by atoms with van der Waals surface area (Å²) in [4.78, 5) is 29.6. The van der Waals surface area contributed by atoms with E-state index >= 15 is 0 Å². The molecular formula is C28H29ClFNO7. The third-order valence-electron chi connectivity index (χ3n) is 5.84. The number of aromatic hydroxyl groups is 1. The van der Waals surface area contributed by atoms with Gasteiger partial charge in [-0.1, -0.05) is 24.6 Å². The number of carbonyl (C=O) groups excluding carboxylic acids is 2. The highest BCUT2D eigenvalue weighted by atomic mass is 35.5. The van der Waals surface area contributed by atoms with Gasteiger partial charge in [0.15, 0.2) is 29.1 Å². The highest BCUT2D eigenvalue weighted by Crippen LogP contribution is 2.37. The van der Waals surface area contributed by atoms with Crippen molar-refractivity contribution in [3.05, 3.63) is 76.3 Å². The fourth-order valence-electron chi connectivity index (χ4n) is 3.79. The number of esters is 1. The van der Waals surface area contributed by atoms with Gasteiger partial charge in [0.05, 0.1) is 25.2 Å². The Morgan fingerprint density at radius 1 is 1.03 bits per heavy atom. The summed E-state index contributed by atoms with van der Waals surface area (Å²) in [5.41, 5.74) is 1.15. The van der Waals surface area contributed by atoms with Crippen molar-refractivity contribution in [3.63, 3.8) is 0 Å². The second-order valence-corrected chi connectivity index (χ2v) is 9.15. The SMILES string of the molecule is COc1cc(F)ccc1[C@@H](Oc1ccc(C)cc1Cl)[C@H](C)OC(=O)[C@H](C)CC(=O)c1nccc(OC)c1O. The number of halogens is 2. The van der Waals surface area contributed by atoms with Gasteiger partial charge in [0.25, 0.3) is 0 Å². The van der Waals surface area contributed by atoms with Crippen LogP contribution in [0.3, 0.4) is 0 Å². The number of hydrogen-bond acceptors (Lipinski definition) is 8. The number of aromatic nitrogens is 1. The standard InChI is InChI=1S/C28H29ClFNO7/c1-15-6-9-22(20(29)12-15)38-27(19-8-7-18(30)14-24(19)36-5)17(3)37-28(34)16(2)13-21(32)25-26(33)23(35-4)10-11-31-25/h6-12,14,16-17,27,33H,13H2,1-5H3/t16-,17+,27+/m1/s1. The summed E-state index contributed by atoms with van der Waals surface area (Å²) in [5.74, 6) is -2.41. The normalized spacial score (nSPS) is 13.2. The number of nitrogens with zero attached hydrogens (tertiary/aromatic N) is 1. The van der Waals surface area contributed by atoms with Crippen LogP contribution in [-0.4, -0.2) is 42.2 Å². The Balaban J connectivity index is 1.82. The molecule has 0 aliphatic rings. The summed E-state index contributed by atoms with van der Waals surface area (Å²) in [6.45, 7) is 5.01. The van der Waals surface area contributed by atoms with Crippen LogP contribution in [0.25, 0.3) is 0 Å². The summed E-state index contributed by atoms with van der Waals surface area (Å²) < 4.78 is 36.1. The first-order valence-corrected chi connectivity index (χ1v) is 12.1. The van der Waals surface area contributed by atoms with Crippen LogP contribution in [0.15, 0.2) is 48.7 Å². The predicted octanol–water partition coefficient (Wildman–Crippen LogP) is 5.87. The number of pyridine rings is 1. The molecule has 0 saturated heterocycles. The van der Waals surface area contributed by atoms with Crippen LogP contribution in [0, 0.1) is 18.7 Å². The fraction of sp³-hybridized carbons (Fsp3) is 0.321. The first-order valence-electron chi connectivity index (χ1n) is 11.8. The number of ketones is 1. The van der Waals surface area contributed by atoms with Gasteiger partial charge in [-0.15, -0.1) is 0 Å². The van der Waals surface area contributed by atoms with E-state index in [9.17, 15) is 19.1 Å². The van der Waals surface area contributed by atoms with Crippen LogP contribution < -0.4 is 14.2 Å². The zero-order valence-electron chi connectivity index (χ0n) is 21.7. The molecule has 38 heavy (non-hydrogen) atoms. The van der Waals surface area contributed by atoms with E-state index in [0.717, 1.165) is 5.56 Å². The minimum atomic E-state index is -0.929. The highest BCUT2D eigenvalue weighted by Gasteiger charge is 2.31. The lowest BCUT2D eigenvalue weighted by atomic mass is 10.0. The molecule has 1 aromatic heterocycles. The van der Waals surface area contributed by atoms with E-state index in [2.05, 4.69) is 4.98 Å². The van der Waals surface area contributed by atoms with Gasteiger partial charge in [0.2, 0.25) is 0 Å². The quantitative estimate of drug-likeness (QED) is 0.236. The van der Waals surface area contributed by atoms with Gasteiger partial charge in [0.1, 0.15) is 23.4 Å². The summed E-state index contributed by atoms with van der Waals surface area (Å²) in [6, 6.07) is 10.6. The van der Waals surface area contributed by atoms with E-state index in [1.54, 1.807) is 19.1 Å². The van der Waals surface area contributed by atoms with Crippen molar-refractivity contribution in [2.24, 2.45) is 5.92 Å². The zero-order valence-corrected chi connectivity index (χ0v) is 22.4. The summed E-state index contributed by atoms with van der Waals surface area (Å²) in [5, 5.41) is 10.6. The number of methoxy groups -OCH3 is 2. The molecule has 0 fully saturated rings. The monoisotopic (exact) mass is 545 g/mol. The summed E-state index contributed by atoms with van der Waals surface area (Å²) in [7, 11) is 2.74. The molecule has 0 saturated carbocycles. The molecule has 8 nitrogen and oxygen atoms in total. The predicted molar refractivity (Wildman–Crippen MR) is 139 cm³/mol. The third kappa shape index (κ3) is 6.72. The summed E-state index contributed by atoms with van der Waals surface area (Å²) in [6.07, 6.45) is -0.777. The van der Waals surface area contributed by atoms with E-state index in [-0.39, 0.29) is 23.6 Å². The minimum absolute atomic E-state index is 0.0928. The van der Waals surface area contributed by atoms with Gasteiger partial charge in [0, 0.05) is 30.3 Å². The Hall–Kier alpha value is -3.85. The first kappa shape index (κ1) is 28.7. The number of rotatable bonds is 11. The summed E-state index contributed by atoms with van der Waals surface area (Å²) >= 11 is 6.37. The number of aryl methyl sites for hydroxylation is 1. The van der Waals surface area contributed by atoms with Gasteiger partial charge >= 0.3 is 5.97 Å². The number of carbonyl (C=O) groups is 2. The molecule has 0 aliphatic carbocycles. The van der Waals surface area contributed by atoms with Gasteiger partial charge in [-0.05, 0) is 43.7 Å². The lowest BCUT2D eigenvalue weighted by Crippen LogP contribution is -2.30. The molecule has 3 rings (SSSR count). The molecule has 0 spiro atoms. The van der Waals surface area contributed by atoms with Crippen LogP contribution >= 0.6 is 11.6 Å². The Labute approximate surface area is 225 Å². The second kappa shape index (κ2) is 12.6. The molecule has 0 unspecified atom stereocenters. The molecular weight excluding hydrogens is 517 g/mol. The first-order chi connectivity index (χ1) is 18.0. The number of hydrogen-bond donors (Lipinski definition) is 1. The molecule has 0 amide bonds. The largest absolute Gasteiger partial charge is 0.503 e. The van der Waals surface area contributed by atoms with Crippen molar-refractivity contribution in [1.29, 1.82) is 0 Å². The average Bonchev–Trinajstić information content (AvgIpc) is 2.88. The number of Topliss-reactive ketones (excluding diaryl/α,β-unsaturated/α-hetero) is 1. The maximum atomic E-state index is 13.9. The smallest absolute Gasteiger partial charge is 0.309 e. The van der Waals surface area contributed by atoms with Gasteiger partial charge in [-0.25, -0.2) is 9.37 Å².